The van der Waals surface area contributed by atoms with Gasteiger partial charge in [0.2, 0.25) is 5.91 Å². The summed E-state index contributed by atoms with van der Waals surface area (Å²) >= 11 is 0. The Morgan fingerprint density at radius 1 is 1.05 bits per heavy atom. The second-order valence-electron chi connectivity index (χ2n) is 4.78. The number of para-hydroxylation sites is 1. The monoisotopic (exact) mass is 305 g/mol. The predicted molar refractivity (Wildman–Crippen MR) is 80.3 cm³/mol. The van der Waals surface area contributed by atoms with Crippen LogP contribution in [0.2, 0.25) is 0 Å². The minimum atomic E-state index is -4.51. The van der Waals surface area contributed by atoms with E-state index in [-0.39, 0.29) is 5.69 Å². The van der Waals surface area contributed by atoms with Gasteiger partial charge >= 0.3 is 6.18 Å². The largest absolute Gasteiger partial charge is 0.418 e. The first-order chi connectivity index (χ1) is 10.4. The maximum atomic E-state index is 12.8. The number of nitrogens with one attached hydrogen (secondary N) is 1. The fraction of sp³-hybridized carbons (Fsp3) is 0.118. The molecule has 22 heavy (non-hydrogen) atoms. The summed E-state index contributed by atoms with van der Waals surface area (Å²) in [7, 11) is 0. The molecule has 1 N–H and O–H groups in total. The van der Waals surface area contributed by atoms with Crippen LogP contribution in [0.25, 0.3) is 6.08 Å². The van der Waals surface area contributed by atoms with E-state index in [1.54, 1.807) is 6.08 Å². The van der Waals surface area contributed by atoms with Gasteiger partial charge in [-0.15, -0.1) is 0 Å². The van der Waals surface area contributed by atoms with Crippen LogP contribution in [0.15, 0.2) is 54.6 Å². The van der Waals surface area contributed by atoms with Gasteiger partial charge in [0, 0.05) is 6.08 Å². The van der Waals surface area contributed by atoms with Crippen molar-refractivity contribution < 1.29 is 18.0 Å². The molecule has 0 atom stereocenters. The van der Waals surface area contributed by atoms with E-state index >= 15 is 0 Å². The Morgan fingerprint density at radius 2 is 1.68 bits per heavy atom. The highest BCUT2D eigenvalue weighted by atomic mass is 19.4. The van der Waals surface area contributed by atoms with Gasteiger partial charge in [-0.3, -0.25) is 4.79 Å². The SMILES string of the molecule is Cc1ccc(C=CC(=O)Nc2ccccc2C(F)(F)F)cc1. The zero-order chi connectivity index (χ0) is 16.2. The van der Waals surface area contributed by atoms with E-state index in [1.807, 2.05) is 31.2 Å². The topological polar surface area (TPSA) is 29.1 Å². The van der Waals surface area contributed by atoms with Gasteiger partial charge in [-0.25, -0.2) is 0 Å². The van der Waals surface area contributed by atoms with Crippen molar-refractivity contribution in [2.45, 2.75) is 13.1 Å². The summed E-state index contributed by atoms with van der Waals surface area (Å²) in [5.74, 6) is -0.614. The van der Waals surface area contributed by atoms with Gasteiger partial charge in [-0.1, -0.05) is 42.0 Å². The van der Waals surface area contributed by atoms with E-state index in [0.29, 0.717) is 0 Å². The Bertz CT molecular complexity index is 688. The number of aryl methyl sites for hydroxylation is 1. The number of amides is 1. The summed E-state index contributed by atoms with van der Waals surface area (Å²) in [6.45, 7) is 1.94. The summed E-state index contributed by atoms with van der Waals surface area (Å²) < 4.78 is 38.5. The van der Waals surface area contributed by atoms with Crippen molar-refractivity contribution in [2.75, 3.05) is 5.32 Å². The second-order valence-corrected chi connectivity index (χ2v) is 4.78. The number of carbonyl (C=O) groups excluding carboxylic acids is 1. The Labute approximate surface area is 126 Å². The van der Waals surface area contributed by atoms with Crippen LogP contribution in [0.1, 0.15) is 16.7 Å². The van der Waals surface area contributed by atoms with E-state index in [9.17, 15) is 18.0 Å². The first-order valence-electron chi connectivity index (χ1n) is 6.58. The van der Waals surface area contributed by atoms with Crippen molar-refractivity contribution in [2.24, 2.45) is 0 Å². The summed E-state index contributed by atoms with van der Waals surface area (Å²) in [4.78, 5) is 11.8. The van der Waals surface area contributed by atoms with Gasteiger partial charge in [0.25, 0.3) is 0 Å². The van der Waals surface area contributed by atoms with Gasteiger partial charge in [0.05, 0.1) is 11.3 Å². The van der Waals surface area contributed by atoms with Crippen molar-refractivity contribution >= 4 is 17.7 Å². The normalized spacial score (nSPS) is 11.6. The molecule has 0 aliphatic carbocycles. The smallest absolute Gasteiger partial charge is 0.322 e. The van der Waals surface area contributed by atoms with E-state index in [4.69, 9.17) is 0 Å². The standard InChI is InChI=1S/C17H14F3NO/c1-12-6-8-13(9-7-12)10-11-16(22)21-15-5-3-2-4-14(15)17(18,19)20/h2-11H,1H3,(H,21,22). The fourth-order valence-corrected chi connectivity index (χ4v) is 1.86. The number of hydrogen-bond acceptors (Lipinski definition) is 1. The molecule has 0 unspecified atom stereocenters. The Morgan fingerprint density at radius 3 is 2.32 bits per heavy atom. The van der Waals surface area contributed by atoms with E-state index < -0.39 is 17.6 Å². The van der Waals surface area contributed by atoms with Gasteiger partial charge in [0.1, 0.15) is 0 Å². The number of alkyl halides is 3. The zero-order valence-electron chi connectivity index (χ0n) is 11.8. The molecular weight excluding hydrogens is 291 g/mol. The van der Waals surface area contributed by atoms with Crippen molar-refractivity contribution in [3.63, 3.8) is 0 Å². The molecule has 2 aromatic rings. The summed E-state index contributed by atoms with van der Waals surface area (Å²) in [5.41, 5.74) is 0.756. The summed E-state index contributed by atoms with van der Waals surface area (Å²) in [6, 6.07) is 12.3. The molecule has 5 heteroatoms. The molecule has 0 bridgehead atoms. The van der Waals surface area contributed by atoms with Crippen LogP contribution in [0.4, 0.5) is 18.9 Å². The summed E-state index contributed by atoms with van der Waals surface area (Å²) in [6.07, 6.45) is -1.76. The Balaban J connectivity index is 2.11. The molecule has 0 fully saturated rings. The lowest BCUT2D eigenvalue weighted by Gasteiger charge is -2.12. The Hall–Kier alpha value is -2.56. The molecule has 114 valence electrons. The van der Waals surface area contributed by atoms with Crippen LogP contribution in [-0.4, -0.2) is 5.91 Å². The quantitative estimate of drug-likeness (QED) is 0.821. The van der Waals surface area contributed by atoms with Crippen molar-refractivity contribution in [3.05, 3.63) is 71.3 Å². The fourth-order valence-electron chi connectivity index (χ4n) is 1.86. The number of halogens is 3. The lowest BCUT2D eigenvalue weighted by Crippen LogP contribution is -2.14. The molecule has 2 nitrogen and oxygen atoms in total. The molecule has 0 saturated carbocycles. The van der Waals surface area contributed by atoms with E-state index in [2.05, 4.69) is 5.32 Å². The molecule has 0 saturated heterocycles. The third-order valence-corrected chi connectivity index (χ3v) is 2.99. The van der Waals surface area contributed by atoms with Crippen LogP contribution in [0.3, 0.4) is 0 Å². The third-order valence-electron chi connectivity index (χ3n) is 2.99. The third kappa shape index (κ3) is 4.22. The molecule has 1 amide bonds. The van der Waals surface area contributed by atoms with Crippen molar-refractivity contribution in [1.82, 2.24) is 0 Å². The van der Waals surface area contributed by atoms with Gasteiger partial charge in [0.15, 0.2) is 0 Å². The number of rotatable bonds is 3. The van der Waals surface area contributed by atoms with Crippen LogP contribution in [-0.2, 0) is 11.0 Å². The van der Waals surface area contributed by atoms with Crippen LogP contribution in [0, 0.1) is 6.92 Å². The average molecular weight is 305 g/mol. The maximum absolute atomic E-state index is 12.8. The highest BCUT2D eigenvalue weighted by Gasteiger charge is 2.33. The number of carbonyl (C=O) groups is 1. The van der Waals surface area contributed by atoms with Gasteiger partial charge < -0.3 is 5.32 Å². The minimum Gasteiger partial charge on any atom is -0.322 e. The van der Waals surface area contributed by atoms with Gasteiger partial charge in [-0.2, -0.15) is 13.2 Å². The molecule has 2 aromatic carbocycles. The summed E-state index contributed by atoms with van der Waals surface area (Å²) in [5, 5.41) is 2.25. The van der Waals surface area contributed by atoms with Crippen LogP contribution in [0.5, 0.6) is 0 Å². The van der Waals surface area contributed by atoms with E-state index in [0.717, 1.165) is 17.2 Å². The first kappa shape index (κ1) is 15.8. The van der Waals surface area contributed by atoms with Crippen molar-refractivity contribution in [1.29, 1.82) is 0 Å². The van der Waals surface area contributed by atoms with Crippen LogP contribution >= 0.6 is 0 Å². The number of anilines is 1. The first-order valence-corrected chi connectivity index (χ1v) is 6.58. The average Bonchev–Trinajstić information content (AvgIpc) is 2.46. The molecular formula is C17H14F3NO. The highest BCUT2D eigenvalue weighted by Crippen LogP contribution is 2.34. The molecule has 0 spiro atoms. The van der Waals surface area contributed by atoms with Gasteiger partial charge in [-0.05, 0) is 30.7 Å². The molecule has 0 aliphatic rings. The Kier molecular flexibility index (Phi) is 4.65. The minimum absolute atomic E-state index is 0.256. The molecule has 0 heterocycles. The lowest BCUT2D eigenvalue weighted by molar-refractivity contribution is -0.136. The molecule has 2 rings (SSSR count). The predicted octanol–water partition coefficient (Wildman–Crippen LogP) is 4.67. The second kappa shape index (κ2) is 6.47. The number of benzene rings is 2. The van der Waals surface area contributed by atoms with E-state index in [1.165, 1.54) is 24.3 Å². The molecule has 0 aliphatic heterocycles. The van der Waals surface area contributed by atoms with Crippen LogP contribution < -0.4 is 5.32 Å². The highest BCUT2D eigenvalue weighted by molar-refractivity contribution is 6.02. The number of hydrogen-bond donors (Lipinski definition) is 1. The van der Waals surface area contributed by atoms with Crippen molar-refractivity contribution in [3.8, 4) is 0 Å². The zero-order valence-corrected chi connectivity index (χ0v) is 11.8. The molecule has 0 radical (unpaired) electrons. The maximum Gasteiger partial charge on any atom is 0.418 e. The molecule has 0 aromatic heterocycles. The lowest BCUT2D eigenvalue weighted by atomic mass is 10.1.